The van der Waals surface area contributed by atoms with Crippen LogP contribution in [0.4, 0.5) is 0 Å². The smallest absolute Gasteiger partial charge is 0.246 e. The number of hydrogen-bond donors (Lipinski definition) is 2. The first-order chi connectivity index (χ1) is 12.2. The third kappa shape index (κ3) is 3.60. The molecule has 6 heteroatoms. The van der Waals surface area contributed by atoms with E-state index in [0.717, 1.165) is 50.3 Å². The number of benzene rings is 1. The Morgan fingerprint density at radius 3 is 2.96 bits per heavy atom. The van der Waals surface area contributed by atoms with Gasteiger partial charge in [0.1, 0.15) is 6.04 Å². The molecule has 2 aliphatic heterocycles. The molecule has 0 saturated carbocycles. The number of amides is 1. The summed E-state index contributed by atoms with van der Waals surface area (Å²) in [6.45, 7) is 4.62. The Morgan fingerprint density at radius 1 is 1.32 bits per heavy atom. The van der Waals surface area contributed by atoms with Crippen LogP contribution in [0.5, 0.6) is 0 Å². The highest BCUT2D eigenvalue weighted by molar-refractivity contribution is 8.00. The molecule has 2 aromatic rings. The fourth-order valence-electron chi connectivity index (χ4n) is 3.68. The van der Waals surface area contributed by atoms with Gasteiger partial charge in [-0.1, -0.05) is 17.7 Å². The third-order valence-corrected chi connectivity index (χ3v) is 6.37. The Balaban J connectivity index is 1.35. The summed E-state index contributed by atoms with van der Waals surface area (Å²) < 4.78 is 0. The van der Waals surface area contributed by atoms with Crippen LogP contribution in [-0.2, 0) is 11.2 Å². The normalized spacial score (nSPS) is 21.2. The van der Waals surface area contributed by atoms with E-state index >= 15 is 0 Å². The van der Waals surface area contributed by atoms with E-state index in [2.05, 4.69) is 46.5 Å². The largest absolute Gasteiger partial charge is 0.348 e. The standard InChI is InChI=1S/C19H24N4OS/c1-13-3-2-4-15(11-13)25-14-6-9-23(10-7-14)19(24)18-17-16(5-8-20-18)21-12-22-17/h2-4,11-12,14,18,20H,5-10H2,1H3,(H,21,22)/t18-/m1/s1. The quantitative estimate of drug-likeness (QED) is 0.888. The summed E-state index contributed by atoms with van der Waals surface area (Å²) in [6, 6.07) is 8.39. The van der Waals surface area contributed by atoms with Gasteiger partial charge in [0, 0.05) is 41.9 Å². The number of nitrogens with zero attached hydrogens (tertiary/aromatic N) is 2. The SMILES string of the molecule is Cc1cccc(SC2CCN(C(=O)[C@@H]3NCCc4[nH]cnc43)CC2)c1. The molecule has 1 saturated heterocycles. The molecule has 0 spiro atoms. The molecule has 132 valence electrons. The number of hydrogen-bond acceptors (Lipinski definition) is 4. The van der Waals surface area contributed by atoms with Crippen molar-refractivity contribution in [3.8, 4) is 0 Å². The van der Waals surface area contributed by atoms with E-state index in [-0.39, 0.29) is 11.9 Å². The minimum absolute atomic E-state index is 0.173. The van der Waals surface area contributed by atoms with Crippen molar-refractivity contribution in [2.45, 2.75) is 42.4 Å². The van der Waals surface area contributed by atoms with Gasteiger partial charge in [0.05, 0.1) is 12.0 Å². The minimum atomic E-state index is -0.282. The van der Waals surface area contributed by atoms with Crippen LogP contribution in [-0.4, -0.2) is 45.7 Å². The number of piperidine rings is 1. The first-order valence-electron chi connectivity index (χ1n) is 8.98. The monoisotopic (exact) mass is 356 g/mol. The molecule has 2 aliphatic rings. The van der Waals surface area contributed by atoms with Gasteiger partial charge >= 0.3 is 0 Å². The summed E-state index contributed by atoms with van der Waals surface area (Å²) in [6.07, 6.45) is 4.70. The van der Waals surface area contributed by atoms with Gasteiger partial charge in [0.15, 0.2) is 0 Å². The molecule has 0 radical (unpaired) electrons. The lowest BCUT2D eigenvalue weighted by atomic mass is 10.0. The summed E-state index contributed by atoms with van der Waals surface area (Å²) in [5, 5.41) is 3.93. The number of carbonyl (C=O) groups is 1. The molecule has 2 N–H and O–H groups in total. The Hall–Kier alpha value is -1.79. The van der Waals surface area contributed by atoms with E-state index in [0.29, 0.717) is 5.25 Å². The second-order valence-corrected chi connectivity index (χ2v) is 8.24. The van der Waals surface area contributed by atoms with Crippen molar-refractivity contribution in [2.24, 2.45) is 0 Å². The summed E-state index contributed by atoms with van der Waals surface area (Å²) in [5.41, 5.74) is 3.28. The van der Waals surface area contributed by atoms with Crippen LogP contribution < -0.4 is 5.32 Å². The van der Waals surface area contributed by atoms with Gasteiger partial charge in [-0.2, -0.15) is 0 Å². The van der Waals surface area contributed by atoms with Gasteiger partial charge in [-0.15, -0.1) is 11.8 Å². The summed E-state index contributed by atoms with van der Waals surface area (Å²) in [4.78, 5) is 23.8. The first-order valence-corrected chi connectivity index (χ1v) is 9.86. The van der Waals surface area contributed by atoms with Crippen LogP contribution >= 0.6 is 11.8 Å². The molecule has 1 amide bonds. The van der Waals surface area contributed by atoms with E-state index in [1.165, 1.54) is 10.5 Å². The summed E-state index contributed by atoms with van der Waals surface area (Å²) in [7, 11) is 0. The average Bonchev–Trinajstić information content (AvgIpc) is 3.10. The lowest BCUT2D eigenvalue weighted by molar-refractivity contribution is -0.134. The topological polar surface area (TPSA) is 61.0 Å². The van der Waals surface area contributed by atoms with Crippen molar-refractivity contribution in [1.29, 1.82) is 0 Å². The molecule has 0 bridgehead atoms. The van der Waals surface area contributed by atoms with Crippen molar-refractivity contribution in [3.63, 3.8) is 0 Å². The molecule has 3 heterocycles. The van der Waals surface area contributed by atoms with Gasteiger partial charge in [0.2, 0.25) is 5.91 Å². The van der Waals surface area contributed by atoms with Crippen LogP contribution in [0.2, 0.25) is 0 Å². The molecular formula is C19H24N4OS. The van der Waals surface area contributed by atoms with Crippen molar-refractivity contribution in [3.05, 3.63) is 47.5 Å². The lowest BCUT2D eigenvalue weighted by Crippen LogP contribution is -2.47. The van der Waals surface area contributed by atoms with Gasteiger partial charge < -0.3 is 15.2 Å². The summed E-state index contributed by atoms with van der Waals surface area (Å²) in [5.74, 6) is 0.173. The maximum absolute atomic E-state index is 12.9. The Labute approximate surface area is 152 Å². The van der Waals surface area contributed by atoms with Crippen molar-refractivity contribution >= 4 is 17.7 Å². The Morgan fingerprint density at radius 2 is 2.16 bits per heavy atom. The molecule has 1 aromatic heterocycles. The number of aromatic amines is 1. The molecule has 4 rings (SSSR count). The lowest BCUT2D eigenvalue weighted by Gasteiger charge is -2.35. The van der Waals surface area contributed by atoms with E-state index in [9.17, 15) is 4.79 Å². The Bertz CT molecular complexity index is 751. The maximum atomic E-state index is 12.9. The fraction of sp³-hybridized carbons (Fsp3) is 0.474. The van der Waals surface area contributed by atoms with Gasteiger partial charge in [-0.3, -0.25) is 4.79 Å². The number of imidazole rings is 1. The van der Waals surface area contributed by atoms with Crippen molar-refractivity contribution in [1.82, 2.24) is 20.2 Å². The number of aromatic nitrogens is 2. The van der Waals surface area contributed by atoms with Crippen LogP contribution in [0.1, 0.15) is 35.8 Å². The van der Waals surface area contributed by atoms with E-state index < -0.39 is 0 Å². The van der Waals surface area contributed by atoms with Gasteiger partial charge in [-0.05, 0) is 31.9 Å². The second-order valence-electron chi connectivity index (χ2n) is 6.86. The molecule has 5 nitrogen and oxygen atoms in total. The second kappa shape index (κ2) is 7.22. The zero-order valence-corrected chi connectivity index (χ0v) is 15.3. The first kappa shape index (κ1) is 16.7. The number of thioether (sulfide) groups is 1. The van der Waals surface area contributed by atoms with Crippen molar-refractivity contribution in [2.75, 3.05) is 19.6 Å². The summed E-state index contributed by atoms with van der Waals surface area (Å²) >= 11 is 1.95. The molecule has 25 heavy (non-hydrogen) atoms. The van der Waals surface area contributed by atoms with E-state index in [4.69, 9.17) is 0 Å². The number of nitrogens with one attached hydrogen (secondary N) is 2. The maximum Gasteiger partial charge on any atom is 0.246 e. The van der Waals surface area contributed by atoms with E-state index in [1.807, 2.05) is 16.7 Å². The zero-order chi connectivity index (χ0) is 17.2. The average molecular weight is 356 g/mol. The van der Waals surface area contributed by atoms with Gasteiger partial charge in [-0.25, -0.2) is 4.98 Å². The minimum Gasteiger partial charge on any atom is -0.348 e. The fourth-order valence-corrected chi connectivity index (χ4v) is 4.92. The highest BCUT2D eigenvalue weighted by Crippen LogP contribution is 2.32. The predicted octanol–water partition coefficient (Wildman–Crippen LogP) is 2.69. The highest BCUT2D eigenvalue weighted by Gasteiger charge is 2.33. The number of carbonyl (C=O) groups excluding carboxylic acids is 1. The molecule has 0 unspecified atom stereocenters. The number of fused-ring (bicyclic) bond motifs is 1. The highest BCUT2D eigenvalue weighted by atomic mass is 32.2. The van der Waals surface area contributed by atoms with Crippen molar-refractivity contribution < 1.29 is 4.79 Å². The molecular weight excluding hydrogens is 332 g/mol. The van der Waals surface area contributed by atoms with Crippen LogP contribution in [0.25, 0.3) is 0 Å². The predicted molar refractivity (Wildman–Crippen MR) is 99.7 cm³/mol. The van der Waals surface area contributed by atoms with Gasteiger partial charge in [0.25, 0.3) is 0 Å². The van der Waals surface area contributed by atoms with Crippen LogP contribution in [0.15, 0.2) is 35.5 Å². The molecule has 1 atom stereocenters. The molecule has 1 fully saturated rings. The number of aryl methyl sites for hydroxylation is 1. The van der Waals surface area contributed by atoms with Crippen LogP contribution in [0.3, 0.4) is 0 Å². The number of rotatable bonds is 3. The van der Waals surface area contributed by atoms with Crippen LogP contribution in [0, 0.1) is 6.92 Å². The third-order valence-electron chi connectivity index (χ3n) is 5.04. The molecule has 0 aliphatic carbocycles. The molecule has 1 aromatic carbocycles. The Kier molecular flexibility index (Phi) is 4.81. The van der Waals surface area contributed by atoms with E-state index in [1.54, 1.807) is 6.33 Å². The number of H-pyrrole nitrogens is 1. The zero-order valence-electron chi connectivity index (χ0n) is 14.5. The number of likely N-dealkylation sites (tertiary alicyclic amines) is 1.